The molecule has 0 aliphatic rings. The van der Waals surface area contributed by atoms with Crippen LogP contribution in [0.5, 0.6) is 5.75 Å². The predicted molar refractivity (Wildman–Crippen MR) is 117 cm³/mol. The van der Waals surface area contributed by atoms with Crippen molar-refractivity contribution >= 4 is 11.9 Å². The smallest absolute Gasteiger partial charge is 0.305 e. The third-order valence-corrected chi connectivity index (χ3v) is 4.81. The van der Waals surface area contributed by atoms with Crippen molar-refractivity contribution in [1.29, 1.82) is 0 Å². The second kappa shape index (κ2) is 12.0. The van der Waals surface area contributed by atoms with Gasteiger partial charge in [0.05, 0.1) is 6.61 Å². The Morgan fingerprint density at radius 1 is 0.933 bits per heavy atom. The quantitative estimate of drug-likeness (QED) is 0.275. The lowest BCUT2D eigenvalue weighted by Gasteiger charge is -2.22. The van der Waals surface area contributed by atoms with E-state index in [0.29, 0.717) is 0 Å². The first kappa shape index (κ1) is 23.5. The number of rotatable bonds is 11. The second-order valence-electron chi connectivity index (χ2n) is 7.53. The monoisotopic (exact) mass is 412 g/mol. The molecule has 0 radical (unpaired) electrons. The molecule has 162 valence electrons. The van der Waals surface area contributed by atoms with E-state index in [1.807, 2.05) is 19.1 Å². The van der Waals surface area contributed by atoms with Crippen molar-refractivity contribution in [3.05, 3.63) is 54.1 Å². The first-order chi connectivity index (χ1) is 14.4. The van der Waals surface area contributed by atoms with Crippen molar-refractivity contribution in [2.45, 2.75) is 59.7 Å². The number of esters is 2. The summed E-state index contributed by atoms with van der Waals surface area (Å²) >= 11 is 0. The molecule has 1 unspecified atom stereocenters. The molecular weight excluding hydrogens is 380 g/mol. The molecule has 0 aromatic heterocycles. The molecule has 0 saturated carbocycles. The van der Waals surface area contributed by atoms with Crippen LogP contribution in [0, 0.1) is 5.92 Å². The fraction of sp³-hybridized carbons (Fsp3) is 0.440. The van der Waals surface area contributed by atoms with Gasteiger partial charge in [0.2, 0.25) is 6.29 Å². The zero-order valence-electron chi connectivity index (χ0n) is 18.4. The summed E-state index contributed by atoms with van der Waals surface area (Å²) in [6, 6.07) is 16.5. The molecule has 1 atom stereocenters. The Morgan fingerprint density at radius 2 is 1.60 bits per heavy atom. The van der Waals surface area contributed by atoms with Gasteiger partial charge in [-0.2, -0.15) is 0 Å². The SMILES string of the molecule is CCCCOc1cccc(-c2ccc(CCC(C)C(OC(C)=O)OC(C)=O)cc2)c1. The maximum absolute atomic E-state index is 11.3. The van der Waals surface area contributed by atoms with Crippen molar-refractivity contribution < 1.29 is 23.8 Å². The van der Waals surface area contributed by atoms with Crippen molar-refractivity contribution in [3.8, 4) is 16.9 Å². The molecule has 0 amide bonds. The number of hydrogen-bond acceptors (Lipinski definition) is 5. The van der Waals surface area contributed by atoms with E-state index in [-0.39, 0.29) is 5.92 Å². The van der Waals surface area contributed by atoms with E-state index >= 15 is 0 Å². The maximum atomic E-state index is 11.3. The summed E-state index contributed by atoms with van der Waals surface area (Å²) in [7, 11) is 0. The van der Waals surface area contributed by atoms with E-state index in [1.165, 1.54) is 19.4 Å². The molecule has 0 saturated heterocycles. The summed E-state index contributed by atoms with van der Waals surface area (Å²) in [5.41, 5.74) is 3.42. The Hall–Kier alpha value is -2.82. The number of benzene rings is 2. The first-order valence-electron chi connectivity index (χ1n) is 10.6. The highest BCUT2D eigenvalue weighted by molar-refractivity contribution is 5.68. The van der Waals surface area contributed by atoms with Crippen LogP contribution >= 0.6 is 0 Å². The molecule has 2 rings (SSSR count). The fourth-order valence-corrected chi connectivity index (χ4v) is 3.08. The topological polar surface area (TPSA) is 61.8 Å². The molecule has 5 heteroatoms. The molecule has 2 aromatic carbocycles. The molecule has 5 nitrogen and oxygen atoms in total. The number of carbonyl (C=O) groups excluding carboxylic acids is 2. The maximum Gasteiger partial charge on any atom is 0.305 e. The molecule has 30 heavy (non-hydrogen) atoms. The lowest BCUT2D eigenvalue weighted by molar-refractivity contribution is -0.194. The Kier molecular flexibility index (Phi) is 9.39. The lowest BCUT2D eigenvalue weighted by Crippen LogP contribution is -2.29. The fourth-order valence-electron chi connectivity index (χ4n) is 3.08. The molecule has 0 spiro atoms. The number of hydrogen-bond donors (Lipinski definition) is 0. The first-order valence-corrected chi connectivity index (χ1v) is 10.6. The van der Waals surface area contributed by atoms with Gasteiger partial charge in [0.15, 0.2) is 0 Å². The van der Waals surface area contributed by atoms with E-state index in [2.05, 4.69) is 43.3 Å². The Bertz CT molecular complexity index is 797. The Morgan fingerprint density at radius 3 is 2.20 bits per heavy atom. The molecule has 0 aliphatic heterocycles. The average Bonchev–Trinajstić information content (AvgIpc) is 2.71. The third-order valence-electron chi connectivity index (χ3n) is 4.81. The van der Waals surface area contributed by atoms with Gasteiger partial charge in [-0.05, 0) is 48.1 Å². The standard InChI is InChI=1S/C25H32O5/c1-5-6-16-28-24-9-7-8-23(17-24)22-14-12-21(13-15-22)11-10-18(2)25(29-19(3)26)30-20(4)27/h7-9,12-15,17-18,25H,5-6,10-11,16H2,1-4H3. The van der Waals surface area contributed by atoms with Crippen LogP contribution in [0.3, 0.4) is 0 Å². The van der Waals surface area contributed by atoms with E-state index in [4.69, 9.17) is 14.2 Å². The predicted octanol–water partition coefficient (Wildman–Crippen LogP) is 5.55. The van der Waals surface area contributed by atoms with Gasteiger partial charge in [0, 0.05) is 19.8 Å². The summed E-state index contributed by atoms with van der Waals surface area (Å²) in [4.78, 5) is 22.5. The third kappa shape index (κ3) is 7.90. The van der Waals surface area contributed by atoms with Gasteiger partial charge in [-0.25, -0.2) is 0 Å². The van der Waals surface area contributed by atoms with E-state index in [1.54, 1.807) is 0 Å². The molecular formula is C25H32O5. The summed E-state index contributed by atoms with van der Waals surface area (Å²) in [5.74, 6) is -0.132. The minimum Gasteiger partial charge on any atom is -0.494 e. The van der Waals surface area contributed by atoms with Gasteiger partial charge in [-0.15, -0.1) is 0 Å². The van der Waals surface area contributed by atoms with Crippen LogP contribution in [-0.2, 0) is 25.5 Å². The van der Waals surface area contributed by atoms with Crippen molar-refractivity contribution in [2.24, 2.45) is 5.92 Å². The minimum absolute atomic E-state index is 0.102. The van der Waals surface area contributed by atoms with Crippen LogP contribution in [0.4, 0.5) is 0 Å². The molecule has 2 aromatic rings. The van der Waals surface area contributed by atoms with Crippen LogP contribution in [0.25, 0.3) is 11.1 Å². The Labute approximate surface area is 179 Å². The number of carbonyl (C=O) groups is 2. The lowest BCUT2D eigenvalue weighted by atomic mass is 9.98. The summed E-state index contributed by atoms with van der Waals surface area (Å²) in [6.07, 6.45) is 2.83. The summed E-state index contributed by atoms with van der Waals surface area (Å²) in [6.45, 7) is 7.42. The minimum atomic E-state index is -0.852. The molecule has 0 bridgehead atoms. The zero-order chi connectivity index (χ0) is 21.9. The zero-order valence-corrected chi connectivity index (χ0v) is 18.4. The van der Waals surface area contributed by atoms with E-state index in [9.17, 15) is 9.59 Å². The molecule has 0 fully saturated rings. The van der Waals surface area contributed by atoms with Gasteiger partial charge in [-0.3, -0.25) is 9.59 Å². The molecule has 0 heterocycles. The van der Waals surface area contributed by atoms with E-state index in [0.717, 1.165) is 49.2 Å². The normalized spacial score (nSPS) is 11.8. The number of ether oxygens (including phenoxy) is 3. The van der Waals surface area contributed by atoms with Crippen LogP contribution in [0.15, 0.2) is 48.5 Å². The molecule has 0 aliphatic carbocycles. The van der Waals surface area contributed by atoms with Gasteiger partial charge < -0.3 is 14.2 Å². The van der Waals surface area contributed by atoms with Crippen LogP contribution < -0.4 is 4.74 Å². The molecule has 0 N–H and O–H groups in total. The van der Waals surface area contributed by atoms with Crippen molar-refractivity contribution in [2.75, 3.05) is 6.61 Å². The van der Waals surface area contributed by atoms with Crippen LogP contribution in [-0.4, -0.2) is 24.8 Å². The van der Waals surface area contributed by atoms with Gasteiger partial charge in [-0.1, -0.05) is 56.7 Å². The van der Waals surface area contributed by atoms with Crippen molar-refractivity contribution in [3.63, 3.8) is 0 Å². The number of aryl methyl sites for hydroxylation is 1. The highest BCUT2D eigenvalue weighted by atomic mass is 16.7. The largest absolute Gasteiger partial charge is 0.494 e. The summed E-state index contributed by atoms with van der Waals surface area (Å²) in [5, 5.41) is 0. The van der Waals surface area contributed by atoms with Gasteiger partial charge in [0.1, 0.15) is 5.75 Å². The van der Waals surface area contributed by atoms with Gasteiger partial charge in [0.25, 0.3) is 0 Å². The van der Waals surface area contributed by atoms with Crippen LogP contribution in [0.2, 0.25) is 0 Å². The Balaban J connectivity index is 1.96. The van der Waals surface area contributed by atoms with E-state index < -0.39 is 18.2 Å². The average molecular weight is 413 g/mol. The van der Waals surface area contributed by atoms with Crippen molar-refractivity contribution in [1.82, 2.24) is 0 Å². The van der Waals surface area contributed by atoms with Crippen LogP contribution in [0.1, 0.15) is 52.5 Å². The summed E-state index contributed by atoms with van der Waals surface area (Å²) < 4.78 is 16.1. The van der Waals surface area contributed by atoms with Gasteiger partial charge >= 0.3 is 11.9 Å². The number of unbranched alkanes of at least 4 members (excludes halogenated alkanes) is 1. The highest BCUT2D eigenvalue weighted by Crippen LogP contribution is 2.25. The highest BCUT2D eigenvalue weighted by Gasteiger charge is 2.23. The second-order valence-corrected chi connectivity index (χ2v) is 7.53.